The first-order chi connectivity index (χ1) is 12.5. The number of carboxylic acids is 1. The maximum atomic E-state index is 12.7. The number of carbonyl (C=O) groups excluding carboxylic acids is 1. The summed E-state index contributed by atoms with van der Waals surface area (Å²) in [5.74, 6) is -1.31. The molecule has 2 unspecified atom stereocenters. The highest BCUT2D eigenvalue weighted by molar-refractivity contribution is 5.95. The second-order valence-corrected chi connectivity index (χ2v) is 6.71. The number of pyridine rings is 1. The van der Waals surface area contributed by atoms with Gasteiger partial charge in [0.25, 0.3) is 5.91 Å². The Morgan fingerprint density at radius 2 is 2.15 bits per heavy atom. The Balaban J connectivity index is 1.62. The number of phenols is 1. The largest absolute Gasteiger partial charge is 0.508 e. The zero-order valence-electron chi connectivity index (χ0n) is 14.0. The molecule has 1 amide bonds. The lowest BCUT2D eigenvalue weighted by Crippen LogP contribution is -2.34. The summed E-state index contributed by atoms with van der Waals surface area (Å²) in [4.78, 5) is 28.7. The Morgan fingerprint density at radius 1 is 1.31 bits per heavy atom. The second-order valence-electron chi connectivity index (χ2n) is 6.71. The Morgan fingerprint density at radius 3 is 2.96 bits per heavy atom. The third-order valence-corrected chi connectivity index (χ3v) is 5.10. The number of carboxylic acid groups (broad SMARTS) is 1. The Hall–Kier alpha value is -3.09. The predicted molar refractivity (Wildman–Crippen MR) is 94.2 cm³/mol. The smallest absolute Gasteiger partial charge is 0.309 e. The normalized spacial score (nSPS) is 20.6. The summed E-state index contributed by atoms with van der Waals surface area (Å²) in [5.41, 5.74) is 2.63. The van der Waals surface area contributed by atoms with Gasteiger partial charge in [-0.25, -0.2) is 4.98 Å². The van der Waals surface area contributed by atoms with Gasteiger partial charge < -0.3 is 20.8 Å². The molecule has 1 aliphatic carbocycles. The van der Waals surface area contributed by atoms with E-state index in [4.69, 9.17) is 0 Å². The summed E-state index contributed by atoms with van der Waals surface area (Å²) in [7, 11) is 0. The average molecular weight is 353 g/mol. The highest BCUT2D eigenvalue weighted by atomic mass is 16.4. The van der Waals surface area contributed by atoms with Crippen LogP contribution in [0.25, 0.3) is 0 Å². The molecule has 0 saturated carbocycles. The quantitative estimate of drug-likeness (QED) is 0.670. The summed E-state index contributed by atoms with van der Waals surface area (Å²) < 4.78 is 0. The molecule has 1 aromatic carbocycles. The Bertz CT molecular complexity index is 896. The average Bonchev–Trinajstić information content (AvgIpc) is 3.01. The van der Waals surface area contributed by atoms with Gasteiger partial charge in [0.2, 0.25) is 0 Å². The summed E-state index contributed by atoms with van der Waals surface area (Å²) in [6.07, 6.45) is 3.53. The van der Waals surface area contributed by atoms with Crippen LogP contribution in [-0.4, -0.2) is 33.6 Å². The zero-order valence-corrected chi connectivity index (χ0v) is 14.0. The predicted octanol–water partition coefficient (Wildman–Crippen LogP) is 1.87. The number of aromatic hydroxyl groups is 1. The van der Waals surface area contributed by atoms with Crippen molar-refractivity contribution >= 4 is 17.7 Å². The number of benzene rings is 1. The number of hydrogen-bond acceptors (Lipinski definition) is 5. The first kappa shape index (κ1) is 16.4. The SMILES string of the molecule is O=C(NC1c2cccc(O)c2CC1C(=O)O)c1cnc2c(c1)CCCN2. The third-order valence-electron chi connectivity index (χ3n) is 5.10. The number of carbonyl (C=O) groups is 2. The molecule has 0 spiro atoms. The summed E-state index contributed by atoms with van der Waals surface area (Å²) in [6.45, 7) is 0.869. The van der Waals surface area contributed by atoms with E-state index in [-0.39, 0.29) is 18.1 Å². The number of aromatic nitrogens is 1. The molecule has 0 saturated heterocycles. The van der Waals surface area contributed by atoms with E-state index >= 15 is 0 Å². The van der Waals surface area contributed by atoms with E-state index in [2.05, 4.69) is 15.6 Å². The van der Waals surface area contributed by atoms with E-state index < -0.39 is 17.9 Å². The molecule has 0 bridgehead atoms. The number of fused-ring (bicyclic) bond motifs is 2. The van der Waals surface area contributed by atoms with Crippen molar-refractivity contribution in [2.45, 2.75) is 25.3 Å². The second kappa shape index (κ2) is 6.33. The standard InChI is InChI=1S/C19H19N3O4/c23-15-5-1-4-12-13(15)8-14(19(25)26)16(12)22-18(24)11-7-10-3-2-6-20-17(10)21-9-11/h1,4-5,7,9,14,16,23H,2-3,6,8H2,(H,20,21)(H,22,24)(H,25,26). The molecule has 4 rings (SSSR count). The number of nitrogens with one attached hydrogen (secondary N) is 2. The van der Waals surface area contributed by atoms with Crippen LogP contribution in [0.3, 0.4) is 0 Å². The van der Waals surface area contributed by atoms with Crippen LogP contribution in [0.2, 0.25) is 0 Å². The lowest BCUT2D eigenvalue weighted by molar-refractivity contribution is -0.142. The lowest BCUT2D eigenvalue weighted by Gasteiger charge is -2.20. The van der Waals surface area contributed by atoms with Crippen LogP contribution in [0.15, 0.2) is 30.5 Å². The van der Waals surface area contributed by atoms with Gasteiger partial charge >= 0.3 is 5.97 Å². The number of rotatable bonds is 3. The molecule has 26 heavy (non-hydrogen) atoms. The molecular formula is C19H19N3O4. The molecule has 2 aliphatic rings. The molecular weight excluding hydrogens is 334 g/mol. The molecule has 4 N–H and O–H groups in total. The number of phenolic OH excluding ortho intramolecular Hbond substituents is 1. The van der Waals surface area contributed by atoms with Crippen molar-refractivity contribution in [3.8, 4) is 5.75 Å². The number of hydrogen-bond donors (Lipinski definition) is 4. The van der Waals surface area contributed by atoms with Crippen molar-refractivity contribution in [2.24, 2.45) is 5.92 Å². The van der Waals surface area contributed by atoms with Gasteiger partial charge in [-0.05, 0) is 42.5 Å². The number of amides is 1. The van der Waals surface area contributed by atoms with Crippen LogP contribution in [0.5, 0.6) is 5.75 Å². The highest BCUT2D eigenvalue weighted by Gasteiger charge is 2.39. The Labute approximate surface area is 150 Å². The molecule has 7 heteroatoms. The van der Waals surface area contributed by atoms with E-state index in [0.29, 0.717) is 16.7 Å². The van der Waals surface area contributed by atoms with Gasteiger partial charge in [-0.1, -0.05) is 12.1 Å². The first-order valence-electron chi connectivity index (χ1n) is 8.62. The monoisotopic (exact) mass is 353 g/mol. The van der Waals surface area contributed by atoms with Crippen LogP contribution in [-0.2, 0) is 17.6 Å². The minimum atomic E-state index is -1.00. The lowest BCUT2D eigenvalue weighted by atomic mass is 10.00. The molecule has 2 heterocycles. The molecule has 1 aliphatic heterocycles. The minimum Gasteiger partial charge on any atom is -0.508 e. The topological polar surface area (TPSA) is 112 Å². The fourth-order valence-corrected chi connectivity index (χ4v) is 3.76. The van der Waals surface area contributed by atoms with E-state index in [9.17, 15) is 19.8 Å². The van der Waals surface area contributed by atoms with Crippen molar-refractivity contribution in [3.05, 3.63) is 52.7 Å². The van der Waals surface area contributed by atoms with E-state index in [0.717, 1.165) is 30.8 Å². The van der Waals surface area contributed by atoms with Crippen molar-refractivity contribution < 1.29 is 19.8 Å². The van der Waals surface area contributed by atoms with Gasteiger partial charge in [-0.3, -0.25) is 9.59 Å². The number of aryl methyl sites for hydroxylation is 1. The van der Waals surface area contributed by atoms with Gasteiger partial charge in [-0.2, -0.15) is 0 Å². The highest BCUT2D eigenvalue weighted by Crippen LogP contribution is 2.40. The maximum absolute atomic E-state index is 12.7. The maximum Gasteiger partial charge on any atom is 0.309 e. The van der Waals surface area contributed by atoms with Crippen molar-refractivity contribution in [1.82, 2.24) is 10.3 Å². The van der Waals surface area contributed by atoms with Crippen molar-refractivity contribution in [1.29, 1.82) is 0 Å². The van der Waals surface area contributed by atoms with Gasteiger partial charge in [-0.15, -0.1) is 0 Å². The van der Waals surface area contributed by atoms with Gasteiger partial charge in [0.15, 0.2) is 0 Å². The van der Waals surface area contributed by atoms with Crippen molar-refractivity contribution in [3.63, 3.8) is 0 Å². The minimum absolute atomic E-state index is 0.0621. The van der Waals surface area contributed by atoms with Gasteiger partial charge in [0.1, 0.15) is 11.6 Å². The molecule has 2 atom stereocenters. The van der Waals surface area contributed by atoms with Gasteiger partial charge in [0.05, 0.1) is 17.5 Å². The summed E-state index contributed by atoms with van der Waals surface area (Å²) >= 11 is 0. The number of anilines is 1. The summed E-state index contributed by atoms with van der Waals surface area (Å²) in [6, 6.07) is 6.05. The molecule has 0 fully saturated rings. The molecule has 0 radical (unpaired) electrons. The number of nitrogens with zero attached hydrogens (tertiary/aromatic N) is 1. The fraction of sp³-hybridized carbons (Fsp3) is 0.316. The zero-order chi connectivity index (χ0) is 18.3. The van der Waals surface area contributed by atoms with Crippen LogP contribution in [0.1, 0.15) is 39.5 Å². The van der Waals surface area contributed by atoms with E-state index in [1.165, 1.54) is 12.3 Å². The van der Waals surface area contributed by atoms with Crippen LogP contribution in [0, 0.1) is 5.92 Å². The van der Waals surface area contributed by atoms with Gasteiger partial charge in [0, 0.05) is 18.3 Å². The molecule has 7 nitrogen and oxygen atoms in total. The van der Waals surface area contributed by atoms with Crippen LogP contribution in [0.4, 0.5) is 5.82 Å². The summed E-state index contributed by atoms with van der Waals surface area (Å²) in [5, 5.41) is 25.6. The number of aliphatic carboxylic acids is 1. The van der Waals surface area contributed by atoms with E-state index in [1.54, 1.807) is 18.2 Å². The molecule has 1 aromatic heterocycles. The molecule has 2 aromatic rings. The van der Waals surface area contributed by atoms with E-state index in [1.807, 2.05) is 0 Å². The van der Waals surface area contributed by atoms with Crippen LogP contribution < -0.4 is 10.6 Å². The fourth-order valence-electron chi connectivity index (χ4n) is 3.76. The third kappa shape index (κ3) is 2.75. The van der Waals surface area contributed by atoms with Crippen molar-refractivity contribution in [2.75, 3.05) is 11.9 Å². The van der Waals surface area contributed by atoms with Crippen LogP contribution >= 0.6 is 0 Å². The Kier molecular flexibility index (Phi) is 3.99. The molecule has 134 valence electrons. The first-order valence-corrected chi connectivity index (χ1v) is 8.62.